The molecule has 0 aromatic rings. The van der Waals surface area contributed by atoms with Crippen molar-refractivity contribution < 1.29 is 34.8 Å². The Labute approximate surface area is 306 Å². The monoisotopic (exact) mass is 716 g/mol. The van der Waals surface area contributed by atoms with E-state index in [-0.39, 0.29) is 42.4 Å². The summed E-state index contributed by atoms with van der Waals surface area (Å²) in [6.45, 7) is 1.98. The number of carbonyl (C=O) groups excluding carboxylic acids is 2. The van der Waals surface area contributed by atoms with Crippen molar-refractivity contribution in [2.75, 3.05) is 26.8 Å². The Morgan fingerprint density at radius 1 is 0.902 bits per heavy atom. The molecule has 0 aromatic carbocycles. The Kier molecular flexibility index (Phi) is 16.2. The van der Waals surface area contributed by atoms with Gasteiger partial charge in [0.2, 0.25) is 0 Å². The first-order valence-electron chi connectivity index (χ1n) is 20.6. The van der Waals surface area contributed by atoms with Gasteiger partial charge in [-0.15, -0.1) is 0 Å². The zero-order valence-electron chi connectivity index (χ0n) is 31.2. The highest BCUT2D eigenvalue weighted by Crippen LogP contribution is 2.42. The normalized spacial score (nSPS) is 37.8. The third kappa shape index (κ3) is 11.8. The third-order valence-electron chi connectivity index (χ3n) is 13.6. The molecule has 8 N–H and O–H groups in total. The van der Waals surface area contributed by atoms with Crippen LogP contribution in [0, 0.1) is 59.2 Å². The highest BCUT2D eigenvalue weighted by Gasteiger charge is 2.42. The summed E-state index contributed by atoms with van der Waals surface area (Å²) in [4.78, 5) is 25.7. The van der Waals surface area contributed by atoms with E-state index in [1.54, 1.807) is 7.11 Å². The van der Waals surface area contributed by atoms with Gasteiger partial charge in [0.15, 0.2) is 0 Å². The van der Waals surface area contributed by atoms with Crippen molar-refractivity contribution in [1.29, 1.82) is 0 Å². The summed E-state index contributed by atoms with van der Waals surface area (Å²) in [5.74, 6) is 8.55. The molecule has 3 aliphatic carbocycles. The van der Waals surface area contributed by atoms with Crippen LogP contribution in [0.25, 0.3) is 0 Å². The molecule has 14 atom stereocenters. The number of nitrogens with one attached hydrogen (secondary N) is 2. The molecule has 0 bridgehead atoms. The standard InChI is InChI=1S/C41H69N3O7/c1-51-40-22-29-11-16-38(49)34(15-10-28(35(29)24-39(40)50)8-13-32(46)12-7-26-17-18-43-41(42)20-26)37(48)6-2-4-27(5-3-19-45)31-21-30-9-14-33(47)23-36(30)44-25-31/h26-32,34-37,39-41,43-46,48,50H,2-9,11-14,16-25,42H2,1H3. The lowest BCUT2D eigenvalue weighted by atomic mass is 9.68. The summed E-state index contributed by atoms with van der Waals surface area (Å²) in [5.41, 5.74) is 6.10. The van der Waals surface area contributed by atoms with E-state index in [0.717, 1.165) is 77.3 Å². The van der Waals surface area contributed by atoms with Crippen molar-refractivity contribution >= 4 is 11.6 Å². The molecule has 10 nitrogen and oxygen atoms in total. The maximum atomic E-state index is 13.7. The summed E-state index contributed by atoms with van der Waals surface area (Å²) >= 11 is 0. The molecule has 0 amide bonds. The lowest BCUT2D eigenvalue weighted by Gasteiger charge is -2.42. The minimum atomic E-state index is -0.846. The molecule has 2 saturated carbocycles. The van der Waals surface area contributed by atoms with Gasteiger partial charge in [-0.1, -0.05) is 24.7 Å². The summed E-state index contributed by atoms with van der Waals surface area (Å²) in [6.07, 6.45) is 12.5. The van der Waals surface area contributed by atoms with E-state index in [4.69, 9.17) is 10.5 Å². The topological polar surface area (TPSA) is 174 Å². The van der Waals surface area contributed by atoms with Crippen LogP contribution in [0.2, 0.25) is 0 Å². The molecule has 290 valence electrons. The molecule has 14 unspecified atom stereocenters. The predicted molar refractivity (Wildman–Crippen MR) is 197 cm³/mol. The maximum absolute atomic E-state index is 13.7. The number of Topliss-reactive ketones (excluding diaryl/α,β-unsaturated/α-hetero) is 2. The fraction of sp³-hybridized carbons (Fsp3) is 0.902. The van der Waals surface area contributed by atoms with Crippen molar-refractivity contribution in [3.05, 3.63) is 0 Å². The number of methoxy groups -OCH3 is 1. The van der Waals surface area contributed by atoms with Crippen LogP contribution in [0.3, 0.4) is 0 Å². The van der Waals surface area contributed by atoms with Gasteiger partial charge in [-0.3, -0.25) is 9.59 Å². The lowest BCUT2D eigenvalue weighted by molar-refractivity contribution is -0.125. The second-order valence-corrected chi connectivity index (χ2v) is 17.1. The van der Waals surface area contributed by atoms with Gasteiger partial charge in [0.05, 0.1) is 30.6 Å². The third-order valence-corrected chi connectivity index (χ3v) is 13.6. The highest BCUT2D eigenvalue weighted by molar-refractivity contribution is 5.84. The minimum Gasteiger partial charge on any atom is -0.396 e. The number of aliphatic hydroxyl groups excluding tert-OH is 4. The van der Waals surface area contributed by atoms with Gasteiger partial charge in [-0.25, -0.2) is 0 Å². The molecule has 0 radical (unpaired) electrons. The molecule has 2 heterocycles. The smallest absolute Gasteiger partial charge is 0.150 e. The molecule has 51 heavy (non-hydrogen) atoms. The van der Waals surface area contributed by atoms with Crippen LogP contribution in [-0.2, 0) is 14.3 Å². The van der Waals surface area contributed by atoms with Crippen LogP contribution in [0.1, 0.15) is 122 Å². The van der Waals surface area contributed by atoms with Gasteiger partial charge >= 0.3 is 0 Å². The van der Waals surface area contributed by atoms with Gasteiger partial charge in [-0.2, -0.15) is 0 Å². The van der Waals surface area contributed by atoms with Gasteiger partial charge in [0.1, 0.15) is 17.5 Å². The van der Waals surface area contributed by atoms with E-state index < -0.39 is 24.2 Å². The molecule has 2 aliphatic heterocycles. The zero-order chi connectivity index (χ0) is 36.3. The minimum absolute atomic E-state index is 0.000835. The summed E-state index contributed by atoms with van der Waals surface area (Å²) in [6, 6.07) is 0.300. The fourth-order valence-corrected chi connectivity index (χ4v) is 10.5. The first-order valence-corrected chi connectivity index (χ1v) is 20.6. The molecular formula is C41H69N3O7. The van der Waals surface area contributed by atoms with E-state index in [9.17, 15) is 30.0 Å². The van der Waals surface area contributed by atoms with Crippen molar-refractivity contribution in [1.82, 2.24) is 10.6 Å². The molecule has 4 fully saturated rings. The van der Waals surface area contributed by atoms with Crippen LogP contribution in [0.15, 0.2) is 0 Å². The number of hydrogen-bond acceptors (Lipinski definition) is 10. The molecule has 0 spiro atoms. The van der Waals surface area contributed by atoms with Crippen molar-refractivity contribution in [2.45, 2.75) is 159 Å². The van der Waals surface area contributed by atoms with Crippen LogP contribution in [0.4, 0.5) is 0 Å². The number of nitrogens with two attached hydrogens (primary N) is 1. The quantitative estimate of drug-likeness (QED) is 0.117. The first-order chi connectivity index (χ1) is 24.6. The van der Waals surface area contributed by atoms with Gasteiger partial charge in [0.25, 0.3) is 0 Å². The average Bonchev–Trinajstić information content (AvgIpc) is 3.18. The Hall–Kier alpha value is -1.42. The second kappa shape index (κ2) is 20.3. The number of piperidine rings is 2. The van der Waals surface area contributed by atoms with Gasteiger partial charge in [0, 0.05) is 44.9 Å². The van der Waals surface area contributed by atoms with Crippen LogP contribution in [0.5, 0.6) is 0 Å². The molecule has 10 heteroatoms. The first kappa shape index (κ1) is 40.8. The number of ketones is 2. The van der Waals surface area contributed by atoms with Gasteiger partial charge in [-0.05, 0) is 138 Å². The number of carbonyl (C=O) groups is 2. The van der Waals surface area contributed by atoms with E-state index in [1.165, 1.54) is 0 Å². The highest BCUT2D eigenvalue weighted by atomic mass is 16.5. The summed E-state index contributed by atoms with van der Waals surface area (Å²) < 4.78 is 5.64. The van der Waals surface area contributed by atoms with Crippen LogP contribution >= 0.6 is 0 Å². The zero-order valence-corrected chi connectivity index (χ0v) is 31.2. The number of rotatable bonds is 16. The van der Waals surface area contributed by atoms with E-state index in [0.29, 0.717) is 93.3 Å². The second-order valence-electron chi connectivity index (χ2n) is 17.1. The Morgan fingerprint density at radius 3 is 2.47 bits per heavy atom. The largest absolute Gasteiger partial charge is 0.396 e. The summed E-state index contributed by atoms with van der Waals surface area (Å²) in [5, 5.41) is 50.1. The number of aliphatic hydroxyl groups is 4. The Balaban J connectivity index is 1.20. The maximum Gasteiger partial charge on any atom is 0.150 e. The van der Waals surface area contributed by atoms with Crippen LogP contribution in [-0.4, -0.2) is 95.4 Å². The molecule has 2 saturated heterocycles. The molecule has 0 aromatic heterocycles. The SMILES string of the molecule is COC1CC2CCC(=O)C(C(O)CCCC(CCCO)C3CNC4CC(=O)CCC4C3)C#CC(CCC(O)CCC3CCNC(N)C3)C2CC1O. The Morgan fingerprint density at radius 2 is 1.69 bits per heavy atom. The lowest BCUT2D eigenvalue weighted by Crippen LogP contribution is -2.50. The number of hydrogen-bond donors (Lipinski definition) is 7. The van der Waals surface area contributed by atoms with E-state index >= 15 is 0 Å². The Bertz CT molecular complexity index is 1160. The molecule has 5 rings (SSSR count). The van der Waals surface area contributed by atoms with Crippen molar-refractivity contribution in [3.8, 4) is 11.8 Å². The molecule has 5 aliphatic rings. The summed E-state index contributed by atoms with van der Waals surface area (Å²) in [7, 11) is 1.64. The fourth-order valence-electron chi connectivity index (χ4n) is 10.5. The number of fused-ring (bicyclic) bond motifs is 2. The predicted octanol–water partition coefficient (Wildman–Crippen LogP) is 3.46. The van der Waals surface area contributed by atoms with E-state index in [2.05, 4.69) is 22.5 Å². The van der Waals surface area contributed by atoms with Crippen molar-refractivity contribution in [3.63, 3.8) is 0 Å². The number of ether oxygens (including phenoxy) is 1. The van der Waals surface area contributed by atoms with E-state index in [1.807, 2.05) is 0 Å². The van der Waals surface area contributed by atoms with Crippen molar-refractivity contribution in [2.24, 2.45) is 53.1 Å². The average molecular weight is 716 g/mol. The van der Waals surface area contributed by atoms with Crippen LogP contribution < -0.4 is 16.4 Å². The molecular weight excluding hydrogens is 646 g/mol. The van der Waals surface area contributed by atoms with Gasteiger partial charge < -0.3 is 41.5 Å².